The standard InChI is InChI=1S/C13H19N3O3S2/c1-8-5-13(20-11(8)6-14-4)21(17,18)15-7-12-16-9(2)10(3)19-12/h5,14-15H,6-7H2,1-4H3. The van der Waals surface area contributed by atoms with Crippen molar-refractivity contribution in [3.05, 3.63) is 33.9 Å². The van der Waals surface area contributed by atoms with Gasteiger partial charge in [-0.3, -0.25) is 0 Å². The molecular formula is C13H19N3O3S2. The van der Waals surface area contributed by atoms with E-state index in [0.29, 0.717) is 22.4 Å². The van der Waals surface area contributed by atoms with Crippen molar-refractivity contribution in [1.29, 1.82) is 0 Å². The van der Waals surface area contributed by atoms with Gasteiger partial charge in [0.15, 0.2) is 0 Å². The summed E-state index contributed by atoms with van der Waals surface area (Å²) in [5.74, 6) is 1.07. The monoisotopic (exact) mass is 329 g/mol. The SMILES string of the molecule is CNCc1sc(S(=O)(=O)NCc2nc(C)c(C)o2)cc1C. The Morgan fingerprint density at radius 2 is 2.00 bits per heavy atom. The van der Waals surface area contributed by atoms with E-state index in [4.69, 9.17) is 4.42 Å². The van der Waals surface area contributed by atoms with Gasteiger partial charge in [0.1, 0.15) is 9.97 Å². The van der Waals surface area contributed by atoms with E-state index in [2.05, 4.69) is 15.0 Å². The highest BCUT2D eigenvalue weighted by atomic mass is 32.2. The predicted octanol–water partition coefficient (Wildman–Crippen LogP) is 1.86. The van der Waals surface area contributed by atoms with Gasteiger partial charge in [-0.15, -0.1) is 11.3 Å². The van der Waals surface area contributed by atoms with Crippen molar-refractivity contribution >= 4 is 21.4 Å². The summed E-state index contributed by atoms with van der Waals surface area (Å²) in [6, 6.07) is 1.69. The molecule has 0 unspecified atom stereocenters. The second kappa shape index (κ2) is 6.27. The first-order valence-electron chi connectivity index (χ1n) is 6.50. The highest BCUT2D eigenvalue weighted by molar-refractivity contribution is 7.91. The molecule has 0 amide bonds. The minimum atomic E-state index is -3.54. The molecule has 0 aliphatic carbocycles. The molecular weight excluding hydrogens is 310 g/mol. The van der Waals surface area contributed by atoms with Gasteiger partial charge >= 0.3 is 0 Å². The molecule has 2 rings (SSSR count). The number of aryl methyl sites for hydroxylation is 3. The molecule has 21 heavy (non-hydrogen) atoms. The molecule has 0 saturated heterocycles. The zero-order chi connectivity index (χ0) is 15.6. The van der Waals surface area contributed by atoms with Crippen LogP contribution in [0.25, 0.3) is 0 Å². The molecule has 2 aromatic rings. The molecule has 2 aromatic heterocycles. The van der Waals surface area contributed by atoms with Crippen LogP contribution in [0.3, 0.4) is 0 Å². The van der Waals surface area contributed by atoms with E-state index in [1.54, 1.807) is 13.0 Å². The Morgan fingerprint density at radius 3 is 2.57 bits per heavy atom. The van der Waals surface area contributed by atoms with E-state index >= 15 is 0 Å². The lowest BCUT2D eigenvalue weighted by atomic mass is 10.3. The number of thiophene rings is 1. The van der Waals surface area contributed by atoms with Gasteiger partial charge in [-0.05, 0) is 39.4 Å². The molecule has 0 aliphatic rings. The van der Waals surface area contributed by atoms with E-state index in [9.17, 15) is 8.42 Å². The van der Waals surface area contributed by atoms with E-state index in [0.717, 1.165) is 16.1 Å². The van der Waals surface area contributed by atoms with Gasteiger partial charge in [-0.25, -0.2) is 18.1 Å². The van der Waals surface area contributed by atoms with Gasteiger partial charge in [0.25, 0.3) is 10.0 Å². The summed E-state index contributed by atoms with van der Waals surface area (Å²) in [5.41, 5.74) is 1.74. The van der Waals surface area contributed by atoms with Crippen molar-refractivity contribution in [2.45, 2.75) is 38.1 Å². The van der Waals surface area contributed by atoms with Crippen LogP contribution in [-0.2, 0) is 23.1 Å². The zero-order valence-electron chi connectivity index (χ0n) is 12.5. The Hall–Kier alpha value is -1.22. The number of nitrogens with one attached hydrogen (secondary N) is 2. The third-order valence-electron chi connectivity index (χ3n) is 3.09. The molecule has 116 valence electrons. The van der Waals surface area contributed by atoms with Crippen LogP contribution in [0.5, 0.6) is 0 Å². The minimum absolute atomic E-state index is 0.0509. The van der Waals surface area contributed by atoms with Gasteiger partial charge in [0.05, 0.1) is 12.2 Å². The molecule has 0 spiro atoms. The maximum Gasteiger partial charge on any atom is 0.250 e. The van der Waals surface area contributed by atoms with Crippen molar-refractivity contribution in [2.24, 2.45) is 0 Å². The van der Waals surface area contributed by atoms with Crippen molar-refractivity contribution < 1.29 is 12.8 Å². The second-order valence-corrected chi connectivity index (χ2v) is 7.91. The summed E-state index contributed by atoms with van der Waals surface area (Å²) in [6.07, 6.45) is 0. The Morgan fingerprint density at radius 1 is 1.29 bits per heavy atom. The molecule has 0 fully saturated rings. The highest BCUT2D eigenvalue weighted by Gasteiger charge is 2.19. The molecule has 0 aliphatic heterocycles. The first kappa shape index (κ1) is 16.2. The predicted molar refractivity (Wildman–Crippen MR) is 81.8 cm³/mol. The molecule has 0 radical (unpaired) electrons. The Kier molecular flexibility index (Phi) is 4.82. The number of rotatable bonds is 6. The van der Waals surface area contributed by atoms with Crippen molar-refractivity contribution in [3.63, 3.8) is 0 Å². The van der Waals surface area contributed by atoms with Gasteiger partial charge in [0, 0.05) is 11.4 Å². The van der Waals surface area contributed by atoms with Crippen molar-refractivity contribution in [3.8, 4) is 0 Å². The van der Waals surface area contributed by atoms with E-state index < -0.39 is 10.0 Å². The number of sulfonamides is 1. The summed E-state index contributed by atoms with van der Waals surface area (Å²) in [6.45, 7) is 6.24. The van der Waals surface area contributed by atoms with Crippen LogP contribution in [0.1, 0.15) is 27.8 Å². The smallest absolute Gasteiger partial charge is 0.250 e. The number of hydrogen-bond acceptors (Lipinski definition) is 6. The number of hydrogen-bond donors (Lipinski definition) is 2. The topological polar surface area (TPSA) is 84.2 Å². The molecule has 0 atom stereocenters. The van der Waals surface area contributed by atoms with Crippen LogP contribution in [0.4, 0.5) is 0 Å². The van der Waals surface area contributed by atoms with E-state index in [-0.39, 0.29) is 6.54 Å². The molecule has 0 aromatic carbocycles. The Bertz CT molecular complexity index is 712. The van der Waals surface area contributed by atoms with E-state index in [1.807, 2.05) is 20.9 Å². The van der Waals surface area contributed by atoms with Gasteiger partial charge < -0.3 is 9.73 Å². The van der Waals surface area contributed by atoms with Gasteiger partial charge in [-0.2, -0.15) is 0 Å². The third-order valence-corrected chi connectivity index (χ3v) is 6.20. The van der Waals surface area contributed by atoms with Crippen LogP contribution in [0, 0.1) is 20.8 Å². The molecule has 0 saturated carbocycles. The second-order valence-electron chi connectivity index (χ2n) is 4.78. The average molecular weight is 329 g/mol. The highest BCUT2D eigenvalue weighted by Crippen LogP contribution is 2.26. The lowest BCUT2D eigenvalue weighted by molar-refractivity contribution is 0.463. The Balaban J connectivity index is 2.12. The zero-order valence-corrected chi connectivity index (χ0v) is 14.1. The van der Waals surface area contributed by atoms with E-state index in [1.165, 1.54) is 11.3 Å². The van der Waals surface area contributed by atoms with Crippen LogP contribution >= 0.6 is 11.3 Å². The lowest BCUT2D eigenvalue weighted by Gasteiger charge is -2.01. The molecule has 2 N–H and O–H groups in total. The van der Waals surface area contributed by atoms with Crippen LogP contribution in [-0.4, -0.2) is 20.4 Å². The minimum Gasteiger partial charge on any atom is -0.444 e. The summed E-state index contributed by atoms with van der Waals surface area (Å²) in [5, 5.41) is 3.03. The molecule has 6 nitrogen and oxygen atoms in total. The Labute approximate surface area is 128 Å². The van der Waals surface area contributed by atoms with Crippen LogP contribution in [0.15, 0.2) is 14.7 Å². The van der Waals surface area contributed by atoms with Gasteiger partial charge in [-0.1, -0.05) is 0 Å². The van der Waals surface area contributed by atoms with Crippen molar-refractivity contribution in [1.82, 2.24) is 15.0 Å². The first-order chi connectivity index (χ1) is 9.83. The van der Waals surface area contributed by atoms with Crippen LogP contribution < -0.4 is 10.0 Å². The van der Waals surface area contributed by atoms with Crippen molar-refractivity contribution in [2.75, 3.05) is 7.05 Å². The fraction of sp³-hybridized carbons (Fsp3) is 0.462. The molecule has 0 bridgehead atoms. The van der Waals surface area contributed by atoms with Crippen LogP contribution in [0.2, 0.25) is 0 Å². The number of nitrogens with zero attached hydrogens (tertiary/aromatic N) is 1. The van der Waals surface area contributed by atoms with Gasteiger partial charge in [0.2, 0.25) is 5.89 Å². The largest absolute Gasteiger partial charge is 0.444 e. The number of aromatic nitrogens is 1. The quantitative estimate of drug-likeness (QED) is 0.845. The normalized spacial score (nSPS) is 12.0. The number of oxazole rings is 1. The summed E-state index contributed by atoms with van der Waals surface area (Å²) >= 11 is 1.27. The fourth-order valence-electron chi connectivity index (χ4n) is 1.80. The molecule has 2 heterocycles. The molecule has 8 heteroatoms. The average Bonchev–Trinajstić information content (AvgIpc) is 2.93. The summed E-state index contributed by atoms with van der Waals surface area (Å²) in [4.78, 5) is 5.17. The maximum atomic E-state index is 12.3. The third kappa shape index (κ3) is 3.70. The maximum absolute atomic E-state index is 12.3. The summed E-state index contributed by atoms with van der Waals surface area (Å²) in [7, 11) is -1.71. The summed E-state index contributed by atoms with van der Waals surface area (Å²) < 4.78 is 32.8. The lowest BCUT2D eigenvalue weighted by Crippen LogP contribution is -2.22. The first-order valence-corrected chi connectivity index (χ1v) is 8.80. The fourth-order valence-corrected chi connectivity index (χ4v) is 4.42.